The van der Waals surface area contributed by atoms with E-state index in [0.717, 1.165) is 19.1 Å². The van der Waals surface area contributed by atoms with Crippen molar-refractivity contribution in [3.05, 3.63) is 0 Å². The highest BCUT2D eigenvalue weighted by Gasteiger charge is 2.51. The fourth-order valence-corrected chi connectivity index (χ4v) is 3.77. The number of carbonyl (C=O) groups is 2. The van der Waals surface area contributed by atoms with Crippen LogP contribution in [0.25, 0.3) is 0 Å². The Morgan fingerprint density at radius 1 is 1.40 bits per heavy atom. The molecule has 4 nitrogen and oxygen atoms in total. The highest BCUT2D eigenvalue weighted by atomic mass is 16.7. The summed E-state index contributed by atoms with van der Waals surface area (Å²) in [7, 11) is 1.65. The lowest BCUT2D eigenvalue weighted by Gasteiger charge is -2.35. The molecule has 0 aromatic carbocycles. The average Bonchev–Trinajstić information content (AvgIpc) is 2.61. The minimum Gasteiger partial charge on any atom is -0.356 e. The van der Waals surface area contributed by atoms with Crippen LogP contribution in [0.5, 0.6) is 0 Å². The Labute approximate surface area is 121 Å². The zero-order valence-electron chi connectivity index (χ0n) is 12.9. The van der Waals surface area contributed by atoms with Gasteiger partial charge in [-0.05, 0) is 24.7 Å². The fraction of sp³-hybridized carbons (Fsp3) is 0.875. The molecule has 20 heavy (non-hydrogen) atoms. The first-order chi connectivity index (χ1) is 9.41. The number of carbonyl (C=O) groups excluding carboxylic acids is 2. The normalized spacial score (nSPS) is 42.1. The van der Waals surface area contributed by atoms with Gasteiger partial charge in [-0.3, -0.25) is 4.79 Å². The maximum atomic E-state index is 12.4. The maximum absolute atomic E-state index is 12.4. The number of Topliss-reactive ketones (excluding diaryl/α,β-unsaturated/α-hetero) is 1. The molecule has 0 aromatic heterocycles. The van der Waals surface area contributed by atoms with Gasteiger partial charge in [0.15, 0.2) is 6.29 Å². The van der Waals surface area contributed by atoms with Gasteiger partial charge in [-0.15, -0.1) is 0 Å². The predicted octanol–water partition coefficient (Wildman–Crippen LogP) is 2.59. The third-order valence-corrected chi connectivity index (χ3v) is 5.12. The molecular formula is C16H26O4. The smallest absolute Gasteiger partial charge is 0.158 e. The van der Waals surface area contributed by atoms with E-state index in [4.69, 9.17) is 9.47 Å². The molecule has 0 N–H and O–H groups in total. The van der Waals surface area contributed by atoms with E-state index in [2.05, 4.69) is 20.8 Å². The molecule has 2 rings (SSSR count). The average molecular weight is 282 g/mol. The van der Waals surface area contributed by atoms with Gasteiger partial charge in [0.2, 0.25) is 0 Å². The minimum absolute atomic E-state index is 0.0157. The molecule has 1 unspecified atom stereocenters. The van der Waals surface area contributed by atoms with Crippen LogP contribution >= 0.6 is 0 Å². The second kappa shape index (κ2) is 5.94. The zero-order chi connectivity index (χ0) is 14.9. The standard InChI is InChI=1S/C16H26O4/c1-10(2)13-8-16(7-12(9-17)6-14(13)18)11(3)5-15(19-4)20-16/h9-13,15H,5-8H2,1-4H3/t11-,12?,13-,15-,16-/m0/s1. The van der Waals surface area contributed by atoms with Gasteiger partial charge in [-0.2, -0.15) is 0 Å². The summed E-state index contributed by atoms with van der Waals surface area (Å²) in [5, 5.41) is 0. The molecule has 2 fully saturated rings. The summed E-state index contributed by atoms with van der Waals surface area (Å²) in [6, 6.07) is 0. The topological polar surface area (TPSA) is 52.6 Å². The van der Waals surface area contributed by atoms with Gasteiger partial charge >= 0.3 is 0 Å². The van der Waals surface area contributed by atoms with Crippen molar-refractivity contribution in [2.24, 2.45) is 23.7 Å². The summed E-state index contributed by atoms with van der Waals surface area (Å²) in [6.45, 7) is 6.30. The Bertz CT molecular complexity index is 379. The van der Waals surface area contributed by atoms with Gasteiger partial charge in [0.25, 0.3) is 0 Å². The zero-order valence-corrected chi connectivity index (χ0v) is 12.9. The Morgan fingerprint density at radius 2 is 2.10 bits per heavy atom. The van der Waals surface area contributed by atoms with Gasteiger partial charge in [-0.25, -0.2) is 0 Å². The largest absolute Gasteiger partial charge is 0.356 e. The monoisotopic (exact) mass is 282 g/mol. The van der Waals surface area contributed by atoms with Crippen molar-refractivity contribution >= 4 is 12.1 Å². The summed E-state index contributed by atoms with van der Waals surface area (Å²) in [4.78, 5) is 23.7. The van der Waals surface area contributed by atoms with Crippen molar-refractivity contribution in [3.8, 4) is 0 Å². The van der Waals surface area contributed by atoms with E-state index in [1.807, 2.05) is 0 Å². The van der Waals surface area contributed by atoms with Gasteiger partial charge in [0.1, 0.15) is 12.1 Å². The SMILES string of the molecule is CO[C@@H]1C[C@H](C)[C@@]2(CC(C=O)CC(=O)[C@H](C(C)C)C2)O1. The molecule has 2 aliphatic rings. The molecule has 0 aromatic rings. The molecular weight excluding hydrogens is 256 g/mol. The van der Waals surface area contributed by atoms with Gasteiger partial charge < -0.3 is 14.3 Å². The quantitative estimate of drug-likeness (QED) is 0.747. The predicted molar refractivity (Wildman–Crippen MR) is 75.1 cm³/mol. The van der Waals surface area contributed by atoms with Crippen LogP contribution in [-0.4, -0.2) is 31.1 Å². The van der Waals surface area contributed by atoms with Crippen LogP contribution in [0.1, 0.15) is 46.5 Å². The molecule has 1 heterocycles. The lowest BCUT2D eigenvalue weighted by molar-refractivity contribution is -0.171. The third kappa shape index (κ3) is 2.82. The van der Waals surface area contributed by atoms with E-state index in [-0.39, 0.29) is 35.4 Å². The second-order valence-corrected chi connectivity index (χ2v) is 6.81. The van der Waals surface area contributed by atoms with E-state index < -0.39 is 0 Å². The van der Waals surface area contributed by atoms with Crippen molar-refractivity contribution in [2.45, 2.75) is 58.3 Å². The number of hydrogen-bond acceptors (Lipinski definition) is 4. The van der Waals surface area contributed by atoms with Gasteiger partial charge in [0, 0.05) is 31.8 Å². The van der Waals surface area contributed by atoms with E-state index in [1.165, 1.54) is 0 Å². The van der Waals surface area contributed by atoms with Crippen molar-refractivity contribution < 1.29 is 19.1 Å². The molecule has 0 radical (unpaired) electrons. The van der Waals surface area contributed by atoms with E-state index >= 15 is 0 Å². The van der Waals surface area contributed by atoms with Crippen LogP contribution in [0, 0.1) is 23.7 Å². The van der Waals surface area contributed by atoms with Crippen molar-refractivity contribution in [3.63, 3.8) is 0 Å². The summed E-state index contributed by atoms with van der Waals surface area (Å²) in [6.07, 6.45) is 3.28. The van der Waals surface area contributed by atoms with E-state index in [1.54, 1.807) is 7.11 Å². The minimum atomic E-state index is -0.382. The molecule has 5 atom stereocenters. The number of ether oxygens (including phenoxy) is 2. The van der Waals surface area contributed by atoms with Crippen LogP contribution < -0.4 is 0 Å². The molecule has 0 amide bonds. The summed E-state index contributed by atoms with van der Waals surface area (Å²) >= 11 is 0. The summed E-state index contributed by atoms with van der Waals surface area (Å²) in [5.41, 5.74) is -0.382. The van der Waals surface area contributed by atoms with E-state index in [9.17, 15) is 9.59 Å². The Balaban J connectivity index is 2.30. The van der Waals surface area contributed by atoms with Gasteiger partial charge in [-0.1, -0.05) is 20.8 Å². The molecule has 1 aliphatic carbocycles. The molecule has 1 saturated heterocycles. The van der Waals surface area contributed by atoms with Crippen molar-refractivity contribution in [2.75, 3.05) is 7.11 Å². The number of methoxy groups -OCH3 is 1. The lowest BCUT2D eigenvalue weighted by atomic mass is 9.76. The maximum Gasteiger partial charge on any atom is 0.158 e. The van der Waals surface area contributed by atoms with Crippen LogP contribution in [0.4, 0.5) is 0 Å². The number of hydrogen-bond donors (Lipinski definition) is 0. The number of aldehydes is 1. The third-order valence-electron chi connectivity index (χ3n) is 5.12. The Morgan fingerprint density at radius 3 is 2.60 bits per heavy atom. The first-order valence-corrected chi connectivity index (χ1v) is 7.60. The fourth-order valence-electron chi connectivity index (χ4n) is 3.77. The van der Waals surface area contributed by atoms with Gasteiger partial charge in [0.05, 0.1) is 5.60 Å². The summed E-state index contributed by atoms with van der Waals surface area (Å²) in [5.74, 6) is 0.567. The molecule has 114 valence electrons. The Kier molecular flexibility index (Phi) is 4.65. The number of rotatable bonds is 3. The highest BCUT2D eigenvalue weighted by Crippen LogP contribution is 2.48. The van der Waals surface area contributed by atoms with Crippen LogP contribution in [-0.2, 0) is 19.1 Å². The molecule has 0 bridgehead atoms. The van der Waals surface area contributed by atoms with Crippen LogP contribution in [0.15, 0.2) is 0 Å². The first kappa shape index (κ1) is 15.6. The first-order valence-electron chi connectivity index (χ1n) is 7.60. The van der Waals surface area contributed by atoms with Crippen LogP contribution in [0.3, 0.4) is 0 Å². The highest BCUT2D eigenvalue weighted by molar-refractivity contribution is 5.84. The summed E-state index contributed by atoms with van der Waals surface area (Å²) < 4.78 is 11.5. The van der Waals surface area contributed by atoms with Crippen molar-refractivity contribution in [1.82, 2.24) is 0 Å². The Hall–Kier alpha value is -0.740. The molecule has 1 saturated carbocycles. The van der Waals surface area contributed by atoms with E-state index in [0.29, 0.717) is 18.8 Å². The molecule has 1 spiro atoms. The number of ketones is 1. The molecule has 1 aliphatic heterocycles. The molecule has 4 heteroatoms. The second-order valence-electron chi connectivity index (χ2n) is 6.81. The van der Waals surface area contributed by atoms with Crippen molar-refractivity contribution in [1.29, 1.82) is 0 Å². The van der Waals surface area contributed by atoms with Crippen LogP contribution in [0.2, 0.25) is 0 Å². The lowest BCUT2D eigenvalue weighted by Crippen LogP contribution is -2.39.